The largest absolute Gasteiger partial charge is 0.465 e. The van der Waals surface area contributed by atoms with E-state index in [2.05, 4.69) is 6.07 Å². The van der Waals surface area contributed by atoms with Crippen LogP contribution in [0.4, 0.5) is 0 Å². The van der Waals surface area contributed by atoms with Gasteiger partial charge in [0.1, 0.15) is 11.3 Å². The highest BCUT2D eigenvalue weighted by Gasteiger charge is 2.45. The summed E-state index contributed by atoms with van der Waals surface area (Å²) in [7, 11) is 1.24. The highest BCUT2D eigenvalue weighted by Crippen LogP contribution is 2.48. The Bertz CT molecular complexity index is 903. The number of benzene rings is 1. The normalized spacial score (nSPS) is 21.6. The summed E-state index contributed by atoms with van der Waals surface area (Å²) < 4.78 is 10.6. The predicted molar refractivity (Wildman–Crippen MR) is 93.3 cm³/mol. The minimum absolute atomic E-state index is 0.0574. The van der Waals surface area contributed by atoms with Gasteiger partial charge < -0.3 is 15.2 Å². The Morgan fingerprint density at radius 2 is 2.04 bits per heavy atom. The number of hydrogen-bond donors (Lipinski definition) is 1. The van der Waals surface area contributed by atoms with Crippen LogP contribution in [0.25, 0.3) is 0 Å². The van der Waals surface area contributed by atoms with E-state index in [1.807, 2.05) is 13.8 Å². The van der Waals surface area contributed by atoms with Crippen molar-refractivity contribution in [2.24, 2.45) is 11.1 Å². The van der Waals surface area contributed by atoms with E-state index < -0.39 is 11.9 Å². The van der Waals surface area contributed by atoms with Gasteiger partial charge in [0.15, 0.2) is 5.78 Å². The van der Waals surface area contributed by atoms with Gasteiger partial charge in [-0.3, -0.25) is 4.79 Å². The summed E-state index contributed by atoms with van der Waals surface area (Å²) in [5.74, 6) is -1.18. The van der Waals surface area contributed by atoms with Crippen LogP contribution in [0.15, 0.2) is 47.1 Å². The number of nitriles is 1. The molecule has 1 aromatic rings. The van der Waals surface area contributed by atoms with Crippen LogP contribution in [-0.4, -0.2) is 18.9 Å². The third-order valence-electron chi connectivity index (χ3n) is 4.75. The number of allylic oxidation sites excluding steroid dienone is 2. The number of nitrogens with two attached hydrogens (primary N) is 1. The summed E-state index contributed by atoms with van der Waals surface area (Å²) in [6.45, 7) is 3.96. The van der Waals surface area contributed by atoms with Crippen molar-refractivity contribution in [2.75, 3.05) is 7.11 Å². The third-order valence-corrected chi connectivity index (χ3v) is 4.75. The molecule has 0 aromatic heterocycles. The molecule has 26 heavy (non-hydrogen) atoms. The van der Waals surface area contributed by atoms with Crippen LogP contribution in [0, 0.1) is 16.7 Å². The van der Waals surface area contributed by atoms with Crippen molar-refractivity contribution < 1.29 is 19.1 Å². The number of ketones is 1. The second-order valence-electron chi connectivity index (χ2n) is 7.28. The van der Waals surface area contributed by atoms with Crippen molar-refractivity contribution in [3.8, 4) is 6.07 Å². The molecule has 1 unspecified atom stereocenters. The quantitative estimate of drug-likeness (QED) is 0.821. The first-order valence-electron chi connectivity index (χ1n) is 8.30. The minimum atomic E-state index is -0.773. The maximum atomic E-state index is 13.0. The second kappa shape index (κ2) is 6.34. The van der Waals surface area contributed by atoms with Crippen LogP contribution in [-0.2, 0) is 19.1 Å². The van der Waals surface area contributed by atoms with E-state index in [1.165, 1.54) is 7.11 Å². The maximum Gasteiger partial charge on any atom is 0.340 e. The molecule has 0 saturated carbocycles. The number of methoxy groups -OCH3 is 1. The molecular formula is C20H20N2O4. The SMILES string of the molecule is COC(=O)C1=C(N)OC2=C(C(=O)CC(C)(C)C2)C1c1ccccc1C#N. The monoisotopic (exact) mass is 352 g/mol. The zero-order valence-electron chi connectivity index (χ0n) is 15.0. The summed E-state index contributed by atoms with van der Waals surface area (Å²) >= 11 is 0. The molecule has 0 fully saturated rings. The van der Waals surface area contributed by atoms with Gasteiger partial charge in [0.25, 0.3) is 0 Å². The van der Waals surface area contributed by atoms with Gasteiger partial charge in [-0.2, -0.15) is 5.26 Å². The summed E-state index contributed by atoms with van der Waals surface area (Å²) in [6.07, 6.45) is 0.850. The Morgan fingerprint density at radius 3 is 2.69 bits per heavy atom. The standard InChI is InChI=1S/C20H20N2O4/c1-20(2)8-13(23)16-14(9-20)26-18(22)17(19(24)25-3)15(16)12-7-5-4-6-11(12)10-21/h4-7,15H,8-9,22H2,1-3H3. The van der Waals surface area contributed by atoms with E-state index in [1.54, 1.807) is 24.3 Å². The van der Waals surface area contributed by atoms with Crippen LogP contribution in [0.1, 0.15) is 43.7 Å². The molecule has 1 aliphatic heterocycles. The molecule has 0 amide bonds. The Labute approximate surface area is 151 Å². The van der Waals surface area contributed by atoms with Gasteiger partial charge in [-0.1, -0.05) is 32.0 Å². The fourth-order valence-electron chi connectivity index (χ4n) is 3.66. The van der Waals surface area contributed by atoms with Gasteiger partial charge in [0, 0.05) is 18.4 Å². The van der Waals surface area contributed by atoms with E-state index in [4.69, 9.17) is 15.2 Å². The van der Waals surface area contributed by atoms with E-state index in [-0.39, 0.29) is 22.7 Å². The molecule has 0 radical (unpaired) electrons. The molecule has 134 valence electrons. The number of Topliss-reactive ketones (excluding diaryl/α,β-unsaturated/α-hetero) is 1. The molecule has 0 spiro atoms. The number of carbonyl (C=O) groups is 2. The van der Waals surface area contributed by atoms with Crippen molar-refractivity contribution in [1.82, 2.24) is 0 Å². The van der Waals surface area contributed by atoms with Crippen LogP contribution in [0.5, 0.6) is 0 Å². The molecule has 2 aliphatic rings. The van der Waals surface area contributed by atoms with Crippen molar-refractivity contribution >= 4 is 11.8 Å². The van der Waals surface area contributed by atoms with Gasteiger partial charge in [0.05, 0.1) is 24.7 Å². The fraction of sp³-hybridized carbons (Fsp3) is 0.350. The zero-order chi connectivity index (χ0) is 19.1. The molecule has 3 rings (SSSR count). The Balaban J connectivity index is 2.27. The summed E-state index contributed by atoms with van der Waals surface area (Å²) in [5.41, 5.74) is 7.14. The first-order valence-corrected chi connectivity index (χ1v) is 8.30. The average Bonchev–Trinajstić information content (AvgIpc) is 2.58. The molecule has 1 atom stereocenters. The summed E-state index contributed by atoms with van der Waals surface area (Å²) in [5, 5.41) is 9.50. The van der Waals surface area contributed by atoms with Crippen molar-refractivity contribution in [2.45, 2.75) is 32.6 Å². The van der Waals surface area contributed by atoms with Crippen molar-refractivity contribution in [3.63, 3.8) is 0 Å². The first kappa shape index (κ1) is 17.7. The van der Waals surface area contributed by atoms with Crippen LogP contribution in [0.2, 0.25) is 0 Å². The predicted octanol–water partition coefficient (Wildman–Crippen LogP) is 2.66. The molecule has 6 nitrogen and oxygen atoms in total. The number of carbonyl (C=O) groups excluding carboxylic acids is 2. The smallest absolute Gasteiger partial charge is 0.340 e. The zero-order valence-corrected chi connectivity index (χ0v) is 15.0. The lowest BCUT2D eigenvalue weighted by molar-refractivity contribution is -0.136. The van der Waals surface area contributed by atoms with Crippen molar-refractivity contribution in [1.29, 1.82) is 5.26 Å². The van der Waals surface area contributed by atoms with Gasteiger partial charge in [-0.05, 0) is 17.0 Å². The third kappa shape index (κ3) is 2.86. The lowest BCUT2D eigenvalue weighted by Crippen LogP contribution is -2.35. The number of rotatable bonds is 2. The highest BCUT2D eigenvalue weighted by molar-refractivity contribution is 6.03. The molecule has 0 bridgehead atoms. The Morgan fingerprint density at radius 1 is 1.35 bits per heavy atom. The number of hydrogen-bond acceptors (Lipinski definition) is 6. The Kier molecular flexibility index (Phi) is 4.33. The van der Waals surface area contributed by atoms with E-state index in [9.17, 15) is 14.9 Å². The minimum Gasteiger partial charge on any atom is -0.465 e. The lowest BCUT2D eigenvalue weighted by Gasteiger charge is -2.38. The molecule has 2 N–H and O–H groups in total. The van der Waals surface area contributed by atoms with Gasteiger partial charge >= 0.3 is 5.97 Å². The summed E-state index contributed by atoms with van der Waals surface area (Å²) in [6, 6.07) is 8.98. The highest BCUT2D eigenvalue weighted by atomic mass is 16.5. The number of esters is 1. The van der Waals surface area contributed by atoms with Gasteiger partial charge in [-0.15, -0.1) is 0 Å². The van der Waals surface area contributed by atoms with Crippen molar-refractivity contribution in [3.05, 3.63) is 58.2 Å². The molecular weight excluding hydrogens is 332 g/mol. The Hall–Kier alpha value is -3.07. The van der Waals surface area contributed by atoms with Crippen LogP contribution in [0.3, 0.4) is 0 Å². The topological polar surface area (TPSA) is 102 Å². The van der Waals surface area contributed by atoms with E-state index in [0.29, 0.717) is 35.3 Å². The molecule has 0 saturated heterocycles. The molecule has 6 heteroatoms. The lowest BCUT2D eigenvalue weighted by atomic mass is 9.69. The number of ether oxygens (including phenoxy) is 2. The van der Waals surface area contributed by atoms with Gasteiger partial charge in [-0.25, -0.2) is 4.79 Å². The second-order valence-corrected chi connectivity index (χ2v) is 7.28. The van der Waals surface area contributed by atoms with E-state index in [0.717, 1.165) is 0 Å². The molecule has 1 aliphatic carbocycles. The van der Waals surface area contributed by atoms with Crippen LogP contribution < -0.4 is 5.73 Å². The first-order chi connectivity index (χ1) is 12.3. The fourth-order valence-corrected chi connectivity index (χ4v) is 3.66. The van der Waals surface area contributed by atoms with Crippen LogP contribution >= 0.6 is 0 Å². The summed E-state index contributed by atoms with van der Waals surface area (Å²) in [4.78, 5) is 25.4. The average molecular weight is 352 g/mol. The maximum absolute atomic E-state index is 13.0. The van der Waals surface area contributed by atoms with Gasteiger partial charge in [0.2, 0.25) is 5.88 Å². The van der Waals surface area contributed by atoms with E-state index >= 15 is 0 Å². The molecule has 1 heterocycles. The molecule has 1 aromatic carbocycles. The number of nitrogens with zero attached hydrogens (tertiary/aromatic N) is 1.